The molecule has 3 N–H and O–H groups in total. The molecule has 106 valence electrons. The van der Waals surface area contributed by atoms with Gasteiger partial charge in [0.15, 0.2) is 0 Å². The Morgan fingerprint density at radius 2 is 2.10 bits per heavy atom. The molecule has 0 saturated carbocycles. The highest BCUT2D eigenvalue weighted by Gasteiger charge is 2.15. The van der Waals surface area contributed by atoms with Gasteiger partial charge in [-0.15, -0.1) is 0 Å². The van der Waals surface area contributed by atoms with Gasteiger partial charge in [0.2, 0.25) is 0 Å². The Morgan fingerprint density at radius 3 is 2.75 bits per heavy atom. The first-order chi connectivity index (χ1) is 9.51. The summed E-state index contributed by atoms with van der Waals surface area (Å²) in [5, 5.41) is 0.152. The van der Waals surface area contributed by atoms with E-state index in [-0.39, 0.29) is 11.1 Å². The van der Waals surface area contributed by atoms with Crippen molar-refractivity contribution < 1.29 is 4.39 Å². The number of benzene rings is 2. The minimum Gasteiger partial charge on any atom is -0.271 e. The van der Waals surface area contributed by atoms with Crippen molar-refractivity contribution in [2.45, 2.75) is 19.4 Å². The van der Waals surface area contributed by atoms with Gasteiger partial charge in [-0.3, -0.25) is 11.3 Å². The molecular weight excluding hydrogens is 343 g/mol. The molecule has 1 atom stereocenters. The van der Waals surface area contributed by atoms with Crippen LogP contribution in [0.25, 0.3) is 0 Å². The Morgan fingerprint density at radius 1 is 1.35 bits per heavy atom. The first-order valence-corrected chi connectivity index (χ1v) is 7.34. The zero-order chi connectivity index (χ0) is 14.7. The lowest BCUT2D eigenvalue weighted by Gasteiger charge is -2.18. The second-order valence-corrected chi connectivity index (χ2v) is 5.99. The molecule has 0 bridgehead atoms. The number of hydrazine groups is 1. The van der Waals surface area contributed by atoms with Crippen LogP contribution in [0.15, 0.2) is 40.9 Å². The first-order valence-electron chi connectivity index (χ1n) is 6.17. The highest BCUT2D eigenvalue weighted by molar-refractivity contribution is 9.10. The monoisotopic (exact) mass is 356 g/mol. The van der Waals surface area contributed by atoms with Crippen LogP contribution in [0.3, 0.4) is 0 Å². The van der Waals surface area contributed by atoms with Gasteiger partial charge in [-0.05, 0) is 48.2 Å². The molecule has 2 aromatic rings. The third-order valence-electron chi connectivity index (χ3n) is 3.12. The molecule has 2 rings (SSSR count). The summed E-state index contributed by atoms with van der Waals surface area (Å²) >= 11 is 9.46. The molecule has 0 aromatic heterocycles. The Balaban J connectivity index is 2.31. The van der Waals surface area contributed by atoms with E-state index in [0.717, 1.165) is 21.2 Å². The fraction of sp³-hybridized carbons (Fsp3) is 0.200. The van der Waals surface area contributed by atoms with Gasteiger partial charge in [-0.2, -0.15) is 0 Å². The third-order valence-corrected chi connectivity index (χ3v) is 4.00. The normalized spacial score (nSPS) is 12.4. The number of nitrogens with two attached hydrogens (primary N) is 1. The summed E-state index contributed by atoms with van der Waals surface area (Å²) in [5.74, 6) is 5.23. The Hall–Kier alpha value is -0.940. The molecule has 1 unspecified atom stereocenters. The maximum absolute atomic E-state index is 13.5. The van der Waals surface area contributed by atoms with Crippen molar-refractivity contribution in [1.29, 1.82) is 0 Å². The SMILES string of the molecule is Cc1cc(Br)cc(C(Cc2cccc(F)c2Cl)NN)c1. The average molecular weight is 358 g/mol. The lowest BCUT2D eigenvalue weighted by Crippen LogP contribution is -2.29. The fourth-order valence-electron chi connectivity index (χ4n) is 2.16. The van der Waals surface area contributed by atoms with E-state index in [4.69, 9.17) is 17.4 Å². The molecule has 2 aromatic carbocycles. The largest absolute Gasteiger partial charge is 0.271 e. The number of halogens is 3. The Labute approximate surface area is 131 Å². The van der Waals surface area contributed by atoms with Crippen LogP contribution < -0.4 is 11.3 Å². The van der Waals surface area contributed by atoms with Crippen LogP contribution in [0.1, 0.15) is 22.7 Å². The van der Waals surface area contributed by atoms with Crippen molar-refractivity contribution >= 4 is 27.5 Å². The van der Waals surface area contributed by atoms with Gasteiger partial charge in [0.1, 0.15) is 5.82 Å². The smallest absolute Gasteiger partial charge is 0.142 e. The van der Waals surface area contributed by atoms with E-state index in [0.29, 0.717) is 6.42 Å². The van der Waals surface area contributed by atoms with Gasteiger partial charge < -0.3 is 0 Å². The van der Waals surface area contributed by atoms with Crippen molar-refractivity contribution in [3.8, 4) is 0 Å². The highest BCUT2D eigenvalue weighted by Crippen LogP contribution is 2.27. The highest BCUT2D eigenvalue weighted by atomic mass is 79.9. The first kappa shape index (κ1) is 15.4. The molecule has 0 heterocycles. The summed E-state index contributed by atoms with van der Waals surface area (Å²) in [7, 11) is 0. The van der Waals surface area contributed by atoms with Crippen LogP contribution in [-0.2, 0) is 6.42 Å². The number of hydrogen-bond donors (Lipinski definition) is 2. The molecule has 5 heteroatoms. The molecule has 0 saturated heterocycles. The summed E-state index contributed by atoms with van der Waals surface area (Å²) in [6, 6.07) is 10.7. The fourth-order valence-corrected chi connectivity index (χ4v) is 2.99. The lowest BCUT2D eigenvalue weighted by atomic mass is 9.98. The van der Waals surface area contributed by atoms with E-state index >= 15 is 0 Å². The molecule has 20 heavy (non-hydrogen) atoms. The Bertz CT molecular complexity index is 599. The van der Waals surface area contributed by atoms with Crippen LogP contribution in [0, 0.1) is 12.7 Å². The average Bonchev–Trinajstić information content (AvgIpc) is 2.39. The number of hydrogen-bond acceptors (Lipinski definition) is 2. The molecular formula is C15H15BrClFN2. The number of nitrogens with one attached hydrogen (secondary N) is 1. The molecule has 0 aliphatic carbocycles. The predicted octanol–water partition coefficient (Wildman–Crippen LogP) is 4.30. The Kier molecular flexibility index (Phi) is 5.16. The van der Waals surface area contributed by atoms with Crippen LogP contribution in [-0.4, -0.2) is 0 Å². The quantitative estimate of drug-likeness (QED) is 0.632. The van der Waals surface area contributed by atoms with Crippen molar-refractivity contribution in [3.05, 3.63) is 68.4 Å². The molecule has 2 nitrogen and oxygen atoms in total. The van der Waals surface area contributed by atoms with Crippen LogP contribution >= 0.6 is 27.5 Å². The third kappa shape index (κ3) is 3.58. The number of aryl methyl sites for hydroxylation is 1. The standard InChI is InChI=1S/C15H15BrClFN2/c1-9-5-11(7-12(16)6-9)14(20-19)8-10-3-2-4-13(18)15(10)17/h2-7,14,20H,8,19H2,1H3. The van der Waals surface area contributed by atoms with Gasteiger partial charge in [0.25, 0.3) is 0 Å². The van der Waals surface area contributed by atoms with Crippen molar-refractivity contribution in [2.75, 3.05) is 0 Å². The summed E-state index contributed by atoms with van der Waals surface area (Å²) < 4.78 is 14.5. The minimum atomic E-state index is -0.412. The van der Waals surface area contributed by atoms with E-state index in [1.807, 2.05) is 25.1 Å². The molecule has 0 spiro atoms. The predicted molar refractivity (Wildman–Crippen MR) is 84.1 cm³/mol. The minimum absolute atomic E-state index is 0.134. The van der Waals surface area contributed by atoms with Crippen LogP contribution in [0.2, 0.25) is 5.02 Å². The summed E-state index contributed by atoms with van der Waals surface area (Å²) in [6.07, 6.45) is 0.517. The zero-order valence-corrected chi connectivity index (χ0v) is 13.3. The van der Waals surface area contributed by atoms with E-state index in [2.05, 4.69) is 21.4 Å². The van der Waals surface area contributed by atoms with Gasteiger partial charge in [0, 0.05) is 4.47 Å². The van der Waals surface area contributed by atoms with Gasteiger partial charge in [0.05, 0.1) is 11.1 Å². The topological polar surface area (TPSA) is 38.0 Å². The molecule has 0 radical (unpaired) electrons. The van der Waals surface area contributed by atoms with Crippen molar-refractivity contribution in [3.63, 3.8) is 0 Å². The van der Waals surface area contributed by atoms with Gasteiger partial charge in [-0.25, -0.2) is 4.39 Å². The van der Waals surface area contributed by atoms with E-state index in [1.54, 1.807) is 12.1 Å². The second kappa shape index (κ2) is 6.68. The zero-order valence-electron chi connectivity index (χ0n) is 11.0. The van der Waals surface area contributed by atoms with Gasteiger partial charge in [-0.1, -0.05) is 45.7 Å². The summed E-state index contributed by atoms with van der Waals surface area (Å²) in [4.78, 5) is 0. The van der Waals surface area contributed by atoms with E-state index in [1.165, 1.54) is 6.07 Å². The molecule has 0 amide bonds. The summed E-state index contributed by atoms with van der Waals surface area (Å²) in [6.45, 7) is 2.01. The van der Waals surface area contributed by atoms with Crippen LogP contribution in [0.4, 0.5) is 4.39 Å². The maximum atomic E-state index is 13.5. The van der Waals surface area contributed by atoms with Crippen LogP contribution in [0.5, 0.6) is 0 Å². The second-order valence-electron chi connectivity index (χ2n) is 4.70. The summed E-state index contributed by atoms with van der Waals surface area (Å²) in [5.41, 5.74) is 5.65. The van der Waals surface area contributed by atoms with Gasteiger partial charge >= 0.3 is 0 Å². The van der Waals surface area contributed by atoms with Crippen molar-refractivity contribution in [1.82, 2.24) is 5.43 Å². The number of rotatable bonds is 4. The van der Waals surface area contributed by atoms with E-state index in [9.17, 15) is 4.39 Å². The lowest BCUT2D eigenvalue weighted by molar-refractivity contribution is 0.548. The van der Waals surface area contributed by atoms with E-state index < -0.39 is 5.82 Å². The maximum Gasteiger partial charge on any atom is 0.142 e. The van der Waals surface area contributed by atoms with Crippen molar-refractivity contribution in [2.24, 2.45) is 5.84 Å². The molecule has 0 aliphatic heterocycles. The molecule has 0 aliphatic rings. The molecule has 0 fully saturated rings.